The monoisotopic (exact) mass is 420 g/mol. The van der Waals surface area contributed by atoms with Gasteiger partial charge in [0.25, 0.3) is 0 Å². The molecular formula is C24H36O6. The lowest BCUT2D eigenvalue weighted by Crippen LogP contribution is -1.96. The van der Waals surface area contributed by atoms with E-state index in [0.717, 1.165) is 59.8 Å². The fraction of sp³-hybridized carbons (Fsp3) is 0.500. The Labute approximate surface area is 181 Å². The topological polar surface area (TPSA) is 55.4 Å². The molecule has 0 radical (unpaired) electrons. The minimum absolute atomic E-state index is 0.703. The van der Waals surface area contributed by atoms with E-state index in [1.54, 1.807) is 42.7 Å². The van der Waals surface area contributed by atoms with Crippen LogP contribution in [0.3, 0.4) is 0 Å². The summed E-state index contributed by atoms with van der Waals surface area (Å²) in [4.78, 5) is 0. The van der Waals surface area contributed by atoms with E-state index < -0.39 is 0 Å². The summed E-state index contributed by atoms with van der Waals surface area (Å²) in [5.41, 5.74) is 2.30. The predicted octanol–water partition coefficient (Wildman–Crippen LogP) is 5.33. The van der Waals surface area contributed by atoms with Crippen molar-refractivity contribution >= 4 is 0 Å². The van der Waals surface area contributed by atoms with E-state index in [1.165, 1.54) is 0 Å². The number of aryl methyl sites for hydroxylation is 2. The van der Waals surface area contributed by atoms with Gasteiger partial charge in [0.15, 0.2) is 23.0 Å². The summed E-state index contributed by atoms with van der Waals surface area (Å²) < 4.78 is 31.5. The van der Waals surface area contributed by atoms with Crippen LogP contribution in [-0.2, 0) is 12.8 Å². The van der Waals surface area contributed by atoms with Gasteiger partial charge in [0.2, 0.25) is 0 Å². The lowest BCUT2D eigenvalue weighted by molar-refractivity contribution is 0.347. The quantitative estimate of drug-likeness (QED) is 0.518. The van der Waals surface area contributed by atoms with Crippen LogP contribution in [0.5, 0.6) is 34.5 Å². The van der Waals surface area contributed by atoms with Crippen molar-refractivity contribution < 1.29 is 28.4 Å². The Morgan fingerprint density at radius 3 is 0.933 bits per heavy atom. The molecule has 2 rings (SSSR count). The van der Waals surface area contributed by atoms with Crippen molar-refractivity contribution in [2.75, 3.05) is 42.7 Å². The zero-order chi connectivity index (χ0) is 22.5. The molecule has 0 unspecified atom stereocenters. The highest BCUT2D eigenvalue weighted by atomic mass is 16.5. The summed E-state index contributed by atoms with van der Waals surface area (Å²) >= 11 is 0. The van der Waals surface area contributed by atoms with Crippen LogP contribution in [0.1, 0.15) is 37.8 Å². The minimum atomic E-state index is 0.703. The van der Waals surface area contributed by atoms with Crippen molar-refractivity contribution in [3.63, 3.8) is 0 Å². The summed E-state index contributed by atoms with van der Waals surface area (Å²) in [5, 5.41) is 0. The maximum Gasteiger partial charge on any atom is 0.164 e. The van der Waals surface area contributed by atoms with Crippen molar-refractivity contribution in [1.82, 2.24) is 0 Å². The average Bonchev–Trinajstić information content (AvgIpc) is 2.79. The van der Waals surface area contributed by atoms with Crippen molar-refractivity contribution in [2.24, 2.45) is 0 Å². The lowest BCUT2D eigenvalue weighted by Gasteiger charge is -2.13. The molecule has 0 saturated carbocycles. The molecule has 2 aromatic rings. The molecule has 0 amide bonds. The van der Waals surface area contributed by atoms with Crippen molar-refractivity contribution in [3.05, 3.63) is 35.4 Å². The highest BCUT2D eigenvalue weighted by molar-refractivity contribution is 5.51. The molecule has 0 N–H and O–H groups in total. The molecule has 168 valence electrons. The molecule has 0 saturated heterocycles. The molecule has 0 aromatic heterocycles. The van der Waals surface area contributed by atoms with E-state index in [-0.39, 0.29) is 0 Å². The second-order valence-electron chi connectivity index (χ2n) is 6.54. The van der Waals surface area contributed by atoms with Gasteiger partial charge in [-0.2, -0.15) is 0 Å². The van der Waals surface area contributed by atoms with E-state index in [9.17, 15) is 0 Å². The number of hydrogen-bond acceptors (Lipinski definition) is 6. The van der Waals surface area contributed by atoms with E-state index in [4.69, 9.17) is 28.4 Å². The number of methoxy groups -OCH3 is 6. The molecule has 0 aliphatic heterocycles. The molecule has 6 nitrogen and oxygen atoms in total. The van der Waals surface area contributed by atoms with Crippen LogP contribution < -0.4 is 28.4 Å². The third kappa shape index (κ3) is 6.65. The van der Waals surface area contributed by atoms with Crippen molar-refractivity contribution in [3.8, 4) is 34.5 Å². The Morgan fingerprint density at radius 1 is 0.433 bits per heavy atom. The van der Waals surface area contributed by atoms with Crippen LogP contribution in [0.2, 0.25) is 0 Å². The van der Waals surface area contributed by atoms with E-state index in [1.807, 2.05) is 24.3 Å². The number of benzene rings is 2. The molecule has 0 spiro atoms. The lowest BCUT2D eigenvalue weighted by atomic mass is 10.1. The molecular weight excluding hydrogens is 384 g/mol. The van der Waals surface area contributed by atoms with Crippen molar-refractivity contribution in [1.29, 1.82) is 0 Å². The highest BCUT2D eigenvalue weighted by Crippen LogP contribution is 2.36. The van der Waals surface area contributed by atoms with Crippen LogP contribution in [0, 0.1) is 0 Å². The first-order valence-corrected chi connectivity index (χ1v) is 10.1. The number of rotatable bonds is 10. The van der Waals surface area contributed by atoms with Crippen LogP contribution in [0.25, 0.3) is 0 Å². The third-order valence-corrected chi connectivity index (χ3v) is 4.61. The van der Waals surface area contributed by atoms with Crippen LogP contribution in [0.4, 0.5) is 0 Å². The molecule has 0 atom stereocenters. The summed E-state index contributed by atoms with van der Waals surface area (Å²) in [5.74, 6) is 4.62. The van der Waals surface area contributed by atoms with E-state index in [2.05, 4.69) is 13.8 Å². The van der Waals surface area contributed by atoms with Gasteiger partial charge in [0, 0.05) is 12.1 Å². The Morgan fingerprint density at radius 2 is 0.700 bits per heavy atom. The van der Waals surface area contributed by atoms with Crippen LogP contribution in [-0.4, -0.2) is 42.7 Å². The second-order valence-corrected chi connectivity index (χ2v) is 6.54. The smallest absolute Gasteiger partial charge is 0.164 e. The zero-order valence-corrected chi connectivity index (χ0v) is 19.6. The standard InChI is InChI=1S/2C12H18O3/c2*1-5-6-9-7-11(14-3)12(15-4)8-10(9)13-2/h2*7-8H,5-6H2,1-4H3. The van der Waals surface area contributed by atoms with Crippen LogP contribution in [0.15, 0.2) is 24.3 Å². The van der Waals surface area contributed by atoms with E-state index in [0.29, 0.717) is 11.5 Å². The summed E-state index contributed by atoms with van der Waals surface area (Å²) in [6.07, 6.45) is 4.10. The summed E-state index contributed by atoms with van der Waals surface area (Å²) in [6, 6.07) is 7.68. The minimum Gasteiger partial charge on any atom is -0.496 e. The van der Waals surface area contributed by atoms with Gasteiger partial charge in [-0.15, -0.1) is 0 Å². The average molecular weight is 421 g/mol. The van der Waals surface area contributed by atoms with Gasteiger partial charge in [-0.3, -0.25) is 0 Å². The van der Waals surface area contributed by atoms with Crippen molar-refractivity contribution in [2.45, 2.75) is 39.5 Å². The Kier molecular flexibility index (Phi) is 11.3. The third-order valence-electron chi connectivity index (χ3n) is 4.61. The molecule has 0 fully saturated rings. The van der Waals surface area contributed by atoms with Crippen LogP contribution >= 0.6 is 0 Å². The van der Waals surface area contributed by atoms with Gasteiger partial charge in [-0.25, -0.2) is 0 Å². The van der Waals surface area contributed by atoms with Gasteiger partial charge < -0.3 is 28.4 Å². The highest BCUT2D eigenvalue weighted by Gasteiger charge is 2.11. The normalized spacial score (nSPS) is 9.87. The largest absolute Gasteiger partial charge is 0.496 e. The first-order valence-electron chi connectivity index (χ1n) is 10.1. The molecule has 0 aliphatic carbocycles. The Bertz CT molecular complexity index is 707. The summed E-state index contributed by atoms with van der Waals surface area (Å²) in [6.45, 7) is 4.27. The maximum atomic E-state index is 5.30. The van der Waals surface area contributed by atoms with Gasteiger partial charge >= 0.3 is 0 Å². The first-order chi connectivity index (χ1) is 14.5. The molecule has 0 aliphatic rings. The van der Waals surface area contributed by atoms with Gasteiger partial charge in [-0.05, 0) is 36.1 Å². The second kappa shape index (κ2) is 13.5. The number of hydrogen-bond donors (Lipinski definition) is 0. The first kappa shape index (κ1) is 25.3. The summed E-state index contributed by atoms with van der Waals surface area (Å²) in [7, 11) is 9.86. The zero-order valence-electron chi connectivity index (χ0n) is 19.6. The fourth-order valence-electron chi connectivity index (χ4n) is 3.11. The molecule has 30 heavy (non-hydrogen) atoms. The van der Waals surface area contributed by atoms with E-state index >= 15 is 0 Å². The van der Waals surface area contributed by atoms with Gasteiger partial charge in [0.05, 0.1) is 42.7 Å². The molecule has 0 bridgehead atoms. The Balaban J connectivity index is 0.000000300. The SMILES string of the molecule is CCCc1cc(OC)c(OC)cc1OC.CCCc1cc(OC)c(OC)cc1OC. The predicted molar refractivity (Wildman–Crippen MR) is 120 cm³/mol. The van der Waals surface area contributed by atoms with Gasteiger partial charge in [0.1, 0.15) is 11.5 Å². The maximum absolute atomic E-state index is 5.30. The fourth-order valence-corrected chi connectivity index (χ4v) is 3.11. The van der Waals surface area contributed by atoms with Gasteiger partial charge in [-0.1, -0.05) is 26.7 Å². The molecule has 6 heteroatoms. The molecule has 0 heterocycles. The Hall–Kier alpha value is -2.76. The molecule has 2 aromatic carbocycles. The number of ether oxygens (including phenoxy) is 6.